The minimum Gasteiger partial charge on any atom is -0.488 e. The Bertz CT molecular complexity index is 672. The summed E-state index contributed by atoms with van der Waals surface area (Å²) in [5.74, 6) is 0.789. The lowest BCUT2D eigenvalue weighted by Crippen LogP contribution is -1.98. The van der Waals surface area contributed by atoms with Gasteiger partial charge in [0, 0.05) is 5.56 Å². The molecular formula is C16H13N3O. The maximum Gasteiger partial charge on any atom is 0.129 e. The lowest BCUT2D eigenvalue weighted by Gasteiger charge is -2.10. The SMILES string of the molecule is c1ccc(COc2ccccc2-c2ccnnn2)cc1. The van der Waals surface area contributed by atoms with Gasteiger partial charge in [-0.15, -0.1) is 10.2 Å². The Morgan fingerprint density at radius 1 is 0.850 bits per heavy atom. The van der Waals surface area contributed by atoms with E-state index >= 15 is 0 Å². The largest absolute Gasteiger partial charge is 0.488 e. The molecule has 2 aromatic carbocycles. The van der Waals surface area contributed by atoms with Crippen LogP contribution in [-0.4, -0.2) is 15.4 Å². The molecule has 0 aliphatic heterocycles. The third-order valence-corrected chi connectivity index (χ3v) is 2.90. The van der Waals surface area contributed by atoms with Crippen molar-refractivity contribution >= 4 is 0 Å². The first-order valence-corrected chi connectivity index (χ1v) is 6.34. The summed E-state index contributed by atoms with van der Waals surface area (Å²) >= 11 is 0. The number of hydrogen-bond donors (Lipinski definition) is 0. The highest BCUT2D eigenvalue weighted by Gasteiger charge is 2.07. The minimum atomic E-state index is 0.524. The highest BCUT2D eigenvalue weighted by atomic mass is 16.5. The summed E-state index contributed by atoms with van der Waals surface area (Å²) in [6.45, 7) is 0.524. The Morgan fingerprint density at radius 3 is 2.45 bits per heavy atom. The normalized spacial score (nSPS) is 10.2. The summed E-state index contributed by atoms with van der Waals surface area (Å²) in [5.41, 5.74) is 2.80. The summed E-state index contributed by atoms with van der Waals surface area (Å²) < 4.78 is 5.89. The number of hydrogen-bond acceptors (Lipinski definition) is 4. The second-order valence-corrected chi connectivity index (χ2v) is 4.28. The summed E-state index contributed by atoms with van der Waals surface area (Å²) in [5, 5.41) is 11.4. The molecule has 0 saturated carbocycles. The van der Waals surface area contributed by atoms with Gasteiger partial charge >= 0.3 is 0 Å². The van der Waals surface area contributed by atoms with Gasteiger partial charge in [-0.3, -0.25) is 0 Å². The first-order valence-electron chi connectivity index (χ1n) is 6.34. The first kappa shape index (κ1) is 12.3. The van der Waals surface area contributed by atoms with E-state index in [9.17, 15) is 0 Å². The maximum atomic E-state index is 5.89. The smallest absolute Gasteiger partial charge is 0.129 e. The van der Waals surface area contributed by atoms with Crippen molar-refractivity contribution in [1.29, 1.82) is 0 Å². The van der Waals surface area contributed by atoms with Crippen LogP contribution in [0.15, 0.2) is 66.9 Å². The lowest BCUT2D eigenvalue weighted by atomic mass is 10.1. The van der Waals surface area contributed by atoms with Crippen molar-refractivity contribution in [3.63, 3.8) is 0 Å². The predicted octanol–water partition coefficient (Wildman–Crippen LogP) is 3.12. The van der Waals surface area contributed by atoms with Gasteiger partial charge in [0.1, 0.15) is 18.1 Å². The third kappa shape index (κ3) is 2.80. The molecule has 3 rings (SSSR count). The molecule has 1 heterocycles. The molecule has 0 unspecified atom stereocenters. The molecule has 20 heavy (non-hydrogen) atoms. The standard InChI is InChI=1S/C16H13N3O/c1-2-6-13(7-3-1)12-20-16-9-5-4-8-14(16)15-10-11-17-19-18-15/h1-11H,12H2. The average Bonchev–Trinajstić information content (AvgIpc) is 2.55. The zero-order valence-corrected chi connectivity index (χ0v) is 10.8. The van der Waals surface area contributed by atoms with Gasteiger partial charge in [-0.2, -0.15) is 0 Å². The van der Waals surface area contributed by atoms with E-state index in [2.05, 4.69) is 15.4 Å². The fourth-order valence-corrected chi connectivity index (χ4v) is 1.92. The van der Waals surface area contributed by atoms with Crippen molar-refractivity contribution in [2.45, 2.75) is 6.61 Å². The van der Waals surface area contributed by atoms with Gasteiger partial charge in [0.15, 0.2) is 0 Å². The minimum absolute atomic E-state index is 0.524. The lowest BCUT2D eigenvalue weighted by molar-refractivity contribution is 0.307. The number of rotatable bonds is 4. The van der Waals surface area contributed by atoms with E-state index in [-0.39, 0.29) is 0 Å². The van der Waals surface area contributed by atoms with E-state index in [0.29, 0.717) is 6.61 Å². The van der Waals surface area contributed by atoms with Crippen LogP contribution in [0.3, 0.4) is 0 Å². The fourth-order valence-electron chi connectivity index (χ4n) is 1.92. The van der Waals surface area contributed by atoms with Crippen LogP contribution >= 0.6 is 0 Å². The van der Waals surface area contributed by atoms with E-state index < -0.39 is 0 Å². The van der Waals surface area contributed by atoms with Gasteiger partial charge in [-0.05, 0) is 29.0 Å². The Labute approximate surface area is 117 Å². The Morgan fingerprint density at radius 2 is 1.65 bits per heavy atom. The van der Waals surface area contributed by atoms with Crippen molar-refractivity contribution < 1.29 is 4.74 Å². The van der Waals surface area contributed by atoms with E-state index in [1.165, 1.54) is 0 Å². The van der Waals surface area contributed by atoms with Gasteiger partial charge in [0.25, 0.3) is 0 Å². The summed E-state index contributed by atoms with van der Waals surface area (Å²) in [4.78, 5) is 0. The first-order chi connectivity index (χ1) is 9.93. The van der Waals surface area contributed by atoms with Gasteiger partial charge < -0.3 is 4.74 Å². The van der Waals surface area contributed by atoms with E-state index in [0.717, 1.165) is 22.6 Å². The molecule has 0 bridgehead atoms. The summed E-state index contributed by atoms with van der Waals surface area (Å²) in [7, 11) is 0. The van der Waals surface area contributed by atoms with Crippen LogP contribution in [0.4, 0.5) is 0 Å². The van der Waals surface area contributed by atoms with Gasteiger partial charge in [-0.25, -0.2) is 0 Å². The fraction of sp³-hybridized carbons (Fsp3) is 0.0625. The molecule has 1 aromatic heterocycles. The van der Waals surface area contributed by atoms with E-state index in [1.54, 1.807) is 6.20 Å². The monoisotopic (exact) mass is 263 g/mol. The predicted molar refractivity (Wildman–Crippen MR) is 76.0 cm³/mol. The van der Waals surface area contributed by atoms with Crippen LogP contribution in [0.1, 0.15) is 5.56 Å². The van der Waals surface area contributed by atoms with Crippen LogP contribution in [0.2, 0.25) is 0 Å². The van der Waals surface area contributed by atoms with Crippen LogP contribution in [0.5, 0.6) is 5.75 Å². The molecule has 0 aliphatic rings. The molecular weight excluding hydrogens is 250 g/mol. The Kier molecular flexibility index (Phi) is 3.64. The van der Waals surface area contributed by atoms with Crippen molar-refractivity contribution in [2.75, 3.05) is 0 Å². The third-order valence-electron chi connectivity index (χ3n) is 2.90. The molecule has 0 saturated heterocycles. The Hall–Kier alpha value is -2.75. The molecule has 0 N–H and O–H groups in total. The second-order valence-electron chi connectivity index (χ2n) is 4.28. The van der Waals surface area contributed by atoms with Gasteiger partial charge in [0.2, 0.25) is 0 Å². The van der Waals surface area contributed by atoms with Crippen LogP contribution in [-0.2, 0) is 6.61 Å². The van der Waals surface area contributed by atoms with Crippen molar-refractivity contribution in [3.05, 3.63) is 72.4 Å². The molecule has 0 atom stereocenters. The topological polar surface area (TPSA) is 47.9 Å². The average molecular weight is 263 g/mol. The number of para-hydroxylation sites is 1. The van der Waals surface area contributed by atoms with E-state index in [1.807, 2.05) is 60.7 Å². The van der Waals surface area contributed by atoms with Crippen molar-refractivity contribution in [3.8, 4) is 17.0 Å². The molecule has 98 valence electrons. The quantitative estimate of drug-likeness (QED) is 0.725. The van der Waals surface area contributed by atoms with Crippen LogP contribution in [0, 0.1) is 0 Å². The summed E-state index contributed by atoms with van der Waals surface area (Å²) in [6, 6.07) is 19.7. The highest BCUT2D eigenvalue weighted by molar-refractivity contribution is 5.66. The number of benzene rings is 2. The van der Waals surface area contributed by atoms with Crippen molar-refractivity contribution in [2.24, 2.45) is 0 Å². The molecule has 0 fully saturated rings. The van der Waals surface area contributed by atoms with E-state index in [4.69, 9.17) is 4.74 Å². The summed E-state index contributed by atoms with van der Waals surface area (Å²) in [6.07, 6.45) is 1.62. The molecule has 0 spiro atoms. The molecule has 3 aromatic rings. The van der Waals surface area contributed by atoms with Crippen molar-refractivity contribution in [1.82, 2.24) is 15.4 Å². The molecule has 0 amide bonds. The number of nitrogens with zero attached hydrogens (tertiary/aromatic N) is 3. The van der Waals surface area contributed by atoms with Gasteiger partial charge in [-0.1, -0.05) is 42.5 Å². The van der Waals surface area contributed by atoms with Crippen LogP contribution in [0.25, 0.3) is 11.3 Å². The molecule has 4 nitrogen and oxygen atoms in total. The van der Waals surface area contributed by atoms with Gasteiger partial charge in [0.05, 0.1) is 6.20 Å². The number of ether oxygens (including phenoxy) is 1. The maximum absolute atomic E-state index is 5.89. The Balaban J connectivity index is 1.84. The molecule has 0 aliphatic carbocycles. The zero-order valence-electron chi connectivity index (χ0n) is 10.8. The second kappa shape index (κ2) is 5.93. The van der Waals surface area contributed by atoms with Crippen LogP contribution < -0.4 is 4.74 Å². The highest BCUT2D eigenvalue weighted by Crippen LogP contribution is 2.28. The molecule has 4 heteroatoms. The molecule has 0 radical (unpaired) electrons. The zero-order chi connectivity index (χ0) is 13.6. The number of aromatic nitrogens is 3.